The fourth-order valence-electron chi connectivity index (χ4n) is 5.41. The van der Waals surface area contributed by atoms with E-state index in [1.165, 1.54) is 16.3 Å². The number of ketones is 1. The molecule has 0 amide bonds. The van der Waals surface area contributed by atoms with Gasteiger partial charge in [-0.3, -0.25) is 9.59 Å². The van der Waals surface area contributed by atoms with Gasteiger partial charge in [0.25, 0.3) is 0 Å². The molecule has 3 nitrogen and oxygen atoms in total. The number of para-hydroxylation sites is 1. The monoisotopic (exact) mass is 429 g/mol. The quantitative estimate of drug-likeness (QED) is 0.248. The van der Waals surface area contributed by atoms with Crippen molar-refractivity contribution in [2.45, 2.75) is 26.2 Å². The van der Waals surface area contributed by atoms with Gasteiger partial charge in [0.15, 0.2) is 12.1 Å². The van der Waals surface area contributed by atoms with Crippen molar-refractivity contribution < 1.29 is 9.59 Å². The lowest BCUT2D eigenvalue weighted by molar-refractivity contribution is 0.102. The number of carbonyl (C=O) groups excluding carboxylic acids is 2. The number of hydrogen-bond donors (Lipinski definition) is 1. The van der Waals surface area contributed by atoms with Crippen LogP contribution >= 0.6 is 0 Å². The van der Waals surface area contributed by atoms with Gasteiger partial charge in [-0.15, -0.1) is 0 Å². The minimum absolute atomic E-state index is 0.108. The first-order chi connectivity index (χ1) is 15.9. The number of hydrogen-bond acceptors (Lipinski definition) is 2. The SMILES string of the molecule is Cc1ccccc1C(=O)c1cc2c(cc1C=O)-c1cc3[nH]c4ccccc4c3cc1C2(C)C. The number of benzene rings is 4. The van der Waals surface area contributed by atoms with Gasteiger partial charge in [-0.2, -0.15) is 0 Å². The van der Waals surface area contributed by atoms with Crippen LogP contribution in [0.25, 0.3) is 32.9 Å². The Morgan fingerprint density at radius 2 is 1.48 bits per heavy atom. The molecule has 0 saturated heterocycles. The smallest absolute Gasteiger partial charge is 0.194 e. The Kier molecular flexibility index (Phi) is 4.03. The Morgan fingerprint density at radius 3 is 2.27 bits per heavy atom. The van der Waals surface area contributed by atoms with Gasteiger partial charge in [0, 0.05) is 43.9 Å². The summed E-state index contributed by atoms with van der Waals surface area (Å²) in [5, 5.41) is 2.39. The number of aromatic nitrogens is 1. The highest BCUT2D eigenvalue weighted by atomic mass is 16.1. The first kappa shape index (κ1) is 19.7. The summed E-state index contributed by atoms with van der Waals surface area (Å²) < 4.78 is 0. The summed E-state index contributed by atoms with van der Waals surface area (Å²) in [5.41, 5.74) is 8.78. The lowest BCUT2D eigenvalue weighted by atomic mass is 9.80. The van der Waals surface area contributed by atoms with E-state index in [9.17, 15) is 9.59 Å². The van der Waals surface area contributed by atoms with E-state index in [1.807, 2.05) is 49.4 Å². The summed E-state index contributed by atoms with van der Waals surface area (Å²) in [5.74, 6) is -0.108. The Hall–Kier alpha value is -3.98. The van der Waals surface area contributed by atoms with Gasteiger partial charge < -0.3 is 4.98 Å². The van der Waals surface area contributed by atoms with E-state index in [1.54, 1.807) is 0 Å². The van der Waals surface area contributed by atoms with Crippen molar-refractivity contribution in [3.05, 3.63) is 106 Å². The molecule has 0 saturated carbocycles. The van der Waals surface area contributed by atoms with Crippen LogP contribution in [0.4, 0.5) is 0 Å². The lowest BCUT2D eigenvalue weighted by Gasteiger charge is -2.22. The molecule has 160 valence electrons. The molecule has 1 aromatic heterocycles. The molecule has 4 aromatic carbocycles. The van der Waals surface area contributed by atoms with E-state index in [2.05, 4.69) is 49.2 Å². The second-order valence-electron chi connectivity index (χ2n) is 9.49. The molecule has 0 bridgehead atoms. The maximum Gasteiger partial charge on any atom is 0.194 e. The molecule has 5 aromatic rings. The van der Waals surface area contributed by atoms with E-state index in [-0.39, 0.29) is 11.2 Å². The fourth-order valence-corrected chi connectivity index (χ4v) is 5.41. The molecule has 1 aliphatic carbocycles. The van der Waals surface area contributed by atoms with Gasteiger partial charge in [0.2, 0.25) is 0 Å². The molecule has 0 unspecified atom stereocenters. The van der Waals surface area contributed by atoms with Gasteiger partial charge >= 0.3 is 0 Å². The zero-order valence-electron chi connectivity index (χ0n) is 18.8. The third kappa shape index (κ3) is 2.69. The van der Waals surface area contributed by atoms with Crippen LogP contribution in [0.2, 0.25) is 0 Å². The highest BCUT2D eigenvalue weighted by Crippen LogP contribution is 2.51. The predicted molar refractivity (Wildman–Crippen MR) is 133 cm³/mol. The Balaban J connectivity index is 1.60. The van der Waals surface area contributed by atoms with Crippen LogP contribution in [0.5, 0.6) is 0 Å². The van der Waals surface area contributed by atoms with Crippen LogP contribution in [0, 0.1) is 6.92 Å². The zero-order valence-corrected chi connectivity index (χ0v) is 18.8. The fraction of sp³-hybridized carbons (Fsp3) is 0.133. The van der Waals surface area contributed by atoms with Gasteiger partial charge in [-0.1, -0.05) is 56.3 Å². The second kappa shape index (κ2) is 6.76. The molecule has 0 radical (unpaired) electrons. The predicted octanol–water partition coefficient (Wildman–Crippen LogP) is 6.98. The van der Waals surface area contributed by atoms with E-state index >= 15 is 0 Å². The largest absolute Gasteiger partial charge is 0.354 e. The van der Waals surface area contributed by atoms with Crippen LogP contribution in [-0.4, -0.2) is 17.1 Å². The van der Waals surface area contributed by atoms with Crippen LogP contribution < -0.4 is 0 Å². The van der Waals surface area contributed by atoms with E-state index in [0.717, 1.165) is 39.6 Å². The number of rotatable bonds is 3. The van der Waals surface area contributed by atoms with E-state index in [0.29, 0.717) is 16.7 Å². The first-order valence-electron chi connectivity index (χ1n) is 11.2. The molecular formula is C30H23NO2. The maximum atomic E-state index is 13.5. The number of H-pyrrole nitrogens is 1. The summed E-state index contributed by atoms with van der Waals surface area (Å²) >= 11 is 0. The van der Waals surface area contributed by atoms with Crippen molar-refractivity contribution in [1.29, 1.82) is 0 Å². The number of nitrogens with one attached hydrogen (secondary N) is 1. The molecule has 3 heteroatoms. The van der Waals surface area contributed by atoms with Gasteiger partial charge in [-0.25, -0.2) is 0 Å². The molecule has 0 fully saturated rings. The Morgan fingerprint density at radius 1 is 0.788 bits per heavy atom. The highest BCUT2D eigenvalue weighted by Gasteiger charge is 2.37. The first-order valence-corrected chi connectivity index (χ1v) is 11.2. The Labute approximate surface area is 192 Å². The standard InChI is InChI=1S/C30H23NO2/c1-17-8-4-5-9-19(17)29(33)21-13-25-22(12-18(21)16-32)23-15-28-24(14-26(23)30(25,2)3)20-10-6-7-11-27(20)31-28/h4-16,31H,1-3H3. The summed E-state index contributed by atoms with van der Waals surface area (Å²) in [6, 6.07) is 24.2. The molecule has 33 heavy (non-hydrogen) atoms. The second-order valence-corrected chi connectivity index (χ2v) is 9.49. The molecule has 6 rings (SSSR count). The van der Waals surface area contributed by atoms with Crippen molar-refractivity contribution in [3.63, 3.8) is 0 Å². The zero-order chi connectivity index (χ0) is 22.9. The van der Waals surface area contributed by atoms with Gasteiger partial charge in [0.1, 0.15) is 0 Å². The summed E-state index contributed by atoms with van der Waals surface area (Å²) in [4.78, 5) is 29.1. The maximum absolute atomic E-state index is 13.5. The van der Waals surface area contributed by atoms with Crippen LogP contribution in [0.15, 0.2) is 72.8 Å². The molecule has 1 aliphatic rings. The summed E-state index contributed by atoms with van der Waals surface area (Å²) in [6.07, 6.45) is 0.804. The van der Waals surface area contributed by atoms with Crippen molar-refractivity contribution in [2.75, 3.05) is 0 Å². The topological polar surface area (TPSA) is 49.9 Å². The molecule has 1 N–H and O–H groups in total. The average Bonchev–Trinajstić information content (AvgIpc) is 3.29. The molecule has 0 spiro atoms. The summed E-state index contributed by atoms with van der Waals surface area (Å²) in [7, 11) is 0. The van der Waals surface area contributed by atoms with Crippen molar-refractivity contribution >= 4 is 33.9 Å². The third-order valence-corrected chi connectivity index (χ3v) is 7.23. The molecule has 1 heterocycles. The van der Waals surface area contributed by atoms with Crippen LogP contribution in [0.1, 0.15) is 56.8 Å². The third-order valence-electron chi connectivity index (χ3n) is 7.23. The molecule has 0 atom stereocenters. The average molecular weight is 430 g/mol. The number of aryl methyl sites for hydroxylation is 1. The highest BCUT2D eigenvalue weighted by molar-refractivity contribution is 6.15. The van der Waals surface area contributed by atoms with E-state index < -0.39 is 0 Å². The molecular weight excluding hydrogens is 406 g/mol. The van der Waals surface area contributed by atoms with Crippen molar-refractivity contribution in [3.8, 4) is 11.1 Å². The minimum Gasteiger partial charge on any atom is -0.354 e. The minimum atomic E-state index is -0.292. The number of aromatic amines is 1. The van der Waals surface area contributed by atoms with Crippen LogP contribution in [0.3, 0.4) is 0 Å². The number of fused-ring (bicyclic) bond motifs is 6. The lowest BCUT2D eigenvalue weighted by Crippen LogP contribution is -2.17. The van der Waals surface area contributed by atoms with Crippen LogP contribution in [-0.2, 0) is 5.41 Å². The number of carbonyl (C=O) groups is 2. The van der Waals surface area contributed by atoms with Crippen molar-refractivity contribution in [2.24, 2.45) is 0 Å². The van der Waals surface area contributed by atoms with Gasteiger partial charge in [-0.05, 0) is 65.1 Å². The van der Waals surface area contributed by atoms with Gasteiger partial charge in [0.05, 0.1) is 0 Å². The summed E-state index contributed by atoms with van der Waals surface area (Å²) in [6.45, 7) is 6.31. The molecule has 0 aliphatic heterocycles. The number of aldehydes is 1. The normalized spacial score (nSPS) is 13.8. The van der Waals surface area contributed by atoms with Crippen molar-refractivity contribution in [1.82, 2.24) is 4.98 Å². The Bertz CT molecular complexity index is 1630. The van der Waals surface area contributed by atoms with E-state index in [4.69, 9.17) is 0 Å².